The van der Waals surface area contributed by atoms with Gasteiger partial charge in [-0.25, -0.2) is 0 Å². The van der Waals surface area contributed by atoms with Crippen LogP contribution >= 0.6 is 0 Å². The summed E-state index contributed by atoms with van der Waals surface area (Å²) in [4.78, 5) is 53.9. The maximum Gasteiger partial charge on any atom is 2.00 e. The van der Waals surface area contributed by atoms with E-state index in [-0.39, 0.29) is 40.7 Å². The van der Waals surface area contributed by atoms with E-state index in [2.05, 4.69) is 20.8 Å². The zero-order valence-electron chi connectivity index (χ0n) is 25.1. The van der Waals surface area contributed by atoms with Crippen LogP contribution in [-0.2, 0) is 16.0 Å². The molecule has 0 unspecified atom stereocenters. The average molecular weight is 573 g/mol. The molecule has 8 bridgehead atoms. The van der Waals surface area contributed by atoms with Crippen LogP contribution in [0.5, 0.6) is 0 Å². The number of Topliss-reactive ketones (excluding diaryl/α,β-unsaturated/α-hetero) is 1. The fourth-order valence-electron chi connectivity index (χ4n) is 6.70. The molecule has 2 aliphatic heterocycles. The quantitative estimate of drug-likeness (QED) is 0.204. The number of nitrogens with zero attached hydrogens (tertiary/aromatic N) is 4. The minimum absolute atomic E-state index is 0. The van der Waals surface area contributed by atoms with E-state index in [9.17, 15) is 14.4 Å². The standard InChI is InChI=1S/C33H34N4O4.Mg/c1-8-18-14(3)22-11-26-20(13-38)16(5)21(35-26)10-23-15(4)19(9-2)30(36-23)28-29(33(40)41-7)32(39)27-17(6)24(37-31(27)28)12-25(18)34-22;/h10-13,15,19,29H,8-9H2,1-7H3,(H2-2,34,35,36,37,38,39);/q-2;+2/p-2/b23-10-;/t15-,19-,29+;/m0./s1. The monoisotopic (exact) mass is 572 g/mol. The summed E-state index contributed by atoms with van der Waals surface area (Å²) in [5.74, 6) is -2.07. The van der Waals surface area contributed by atoms with Gasteiger partial charge in [-0.1, -0.05) is 73.2 Å². The second-order valence-electron chi connectivity index (χ2n) is 11.1. The molecule has 0 spiro atoms. The number of fused-ring (bicyclic) bond motifs is 7. The molecule has 0 amide bonds. The van der Waals surface area contributed by atoms with Gasteiger partial charge in [0.15, 0.2) is 5.78 Å². The van der Waals surface area contributed by atoms with Crippen LogP contribution < -0.4 is 25.7 Å². The summed E-state index contributed by atoms with van der Waals surface area (Å²) in [5, 5.41) is 6.57. The first-order valence-corrected chi connectivity index (χ1v) is 14.1. The number of carbonyl (C=O) groups is 3. The number of methoxy groups -OCH3 is 1. The van der Waals surface area contributed by atoms with Crippen LogP contribution in [0.25, 0.3) is 29.1 Å². The molecule has 1 aliphatic carbocycles. The number of hydrogen-bond donors (Lipinski definition) is 0. The molecule has 8 nitrogen and oxygen atoms in total. The van der Waals surface area contributed by atoms with Crippen LogP contribution in [0.4, 0.5) is 0 Å². The maximum absolute atomic E-state index is 13.9. The minimum Gasteiger partial charge on any atom is -0.664 e. The number of aromatic nitrogens is 3. The minimum atomic E-state index is -1.11. The van der Waals surface area contributed by atoms with Gasteiger partial charge in [0.1, 0.15) is 12.2 Å². The number of rotatable bonds is 4. The van der Waals surface area contributed by atoms with E-state index in [4.69, 9.17) is 25.0 Å². The Balaban J connectivity index is 0.00000353. The van der Waals surface area contributed by atoms with Crippen molar-refractivity contribution in [1.29, 1.82) is 0 Å². The Labute approximate surface area is 260 Å². The van der Waals surface area contributed by atoms with Gasteiger partial charge in [0, 0.05) is 11.1 Å². The summed E-state index contributed by atoms with van der Waals surface area (Å²) < 4.78 is 5.12. The number of ketones is 1. The van der Waals surface area contributed by atoms with Crippen LogP contribution in [0.15, 0.2) is 11.4 Å². The Hall–Kier alpha value is -3.56. The number of carbonyl (C=O) groups excluding carboxylic acids is 3. The Morgan fingerprint density at radius 1 is 0.952 bits per heavy atom. The second kappa shape index (κ2) is 10.9. The molecule has 5 heterocycles. The largest absolute Gasteiger partial charge is 2.00 e. The van der Waals surface area contributed by atoms with Gasteiger partial charge in [0.05, 0.1) is 7.11 Å². The van der Waals surface area contributed by atoms with Gasteiger partial charge in [-0.3, -0.25) is 14.4 Å². The first-order chi connectivity index (χ1) is 19.6. The fourth-order valence-corrected chi connectivity index (χ4v) is 6.70. The topological polar surface area (TPSA) is 117 Å². The van der Waals surface area contributed by atoms with Crippen LogP contribution in [-0.4, -0.2) is 48.2 Å². The molecule has 0 radical (unpaired) electrons. The molecule has 3 atom stereocenters. The molecule has 3 aromatic rings. The zero-order chi connectivity index (χ0) is 29.3. The SMILES string of the molecule is CCc1c(C)/c2[n-]/c1=C\c1[n-]c3c(c1C)C(=O)[C@H](C(=O)OC)/C3=C1/[N-]/C(=C\c3[n-]c(c(C=O)c3C)\C=2)[C@@H](C)[C@@H]1CC.[Mg+2]. The van der Waals surface area contributed by atoms with Gasteiger partial charge in [-0.15, -0.1) is 33.5 Å². The number of allylic oxidation sites excluding steroid dienone is 2. The number of aldehydes is 1. The predicted octanol–water partition coefficient (Wildman–Crippen LogP) is 3.24. The van der Waals surface area contributed by atoms with E-state index in [1.807, 2.05) is 39.0 Å². The van der Waals surface area contributed by atoms with E-state index in [1.165, 1.54) is 7.11 Å². The van der Waals surface area contributed by atoms with Crippen molar-refractivity contribution in [3.05, 3.63) is 83.6 Å². The van der Waals surface area contributed by atoms with Crippen LogP contribution in [0.1, 0.15) is 92.9 Å². The van der Waals surface area contributed by atoms with Crippen LogP contribution in [0.2, 0.25) is 0 Å². The van der Waals surface area contributed by atoms with E-state index < -0.39 is 11.9 Å². The first kappa shape index (κ1) is 29.9. The molecule has 0 aromatic carbocycles. The van der Waals surface area contributed by atoms with Crippen molar-refractivity contribution in [2.45, 2.75) is 54.4 Å². The summed E-state index contributed by atoms with van der Waals surface area (Å²) in [6, 6.07) is 0. The van der Waals surface area contributed by atoms with Gasteiger partial charge in [0.2, 0.25) is 0 Å². The molecule has 3 aliphatic rings. The van der Waals surface area contributed by atoms with Gasteiger partial charge >= 0.3 is 29.0 Å². The molecule has 0 saturated carbocycles. The van der Waals surface area contributed by atoms with Crippen molar-refractivity contribution < 1.29 is 19.1 Å². The summed E-state index contributed by atoms with van der Waals surface area (Å²) >= 11 is 0. The Morgan fingerprint density at radius 2 is 1.64 bits per heavy atom. The van der Waals surface area contributed by atoms with E-state index in [1.54, 1.807) is 0 Å². The van der Waals surface area contributed by atoms with Crippen LogP contribution in [0, 0.1) is 38.5 Å². The summed E-state index contributed by atoms with van der Waals surface area (Å²) in [6.07, 6.45) is 8.06. The molecule has 3 aromatic heterocycles. The number of hydrogen-bond acceptors (Lipinski definition) is 4. The molecule has 9 heteroatoms. The van der Waals surface area contributed by atoms with Crippen molar-refractivity contribution in [1.82, 2.24) is 15.0 Å². The van der Waals surface area contributed by atoms with E-state index in [0.717, 1.165) is 52.2 Å². The van der Waals surface area contributed by atoms with Gasteiger partial charge < -0.3 is 25.0 Å². The van der Waals surface area contributed by atoms with Crippen molar-refractivity contribution in [2.24, 2.45) is 17.8 Å². The third-order valence-corrected chi connectivity index (χ3v) is 9.10. The molecule has 212 valence electrons. The fraction of sp³-hybridized carbons (Fsp3) is 0.364. The molecular weight excluding hydrogens is 541 g/mol. The van der Waals surface area contributed by atoms with Gasteiger partial charge in [0.25, 0.3) is 0 Å². The van der Waals surface area contributed by atoms with E-state index in [0.29, 0.717) is 50.7 Å². The Kier molecular flexibility index (Phi) is 7.78. The third-order valence-electron chi connectivity index (χ3n) is 9.10. The average Bonchev–Trinajstić information content (AvgIpc) is 3.69. The summed E-state index contributed by atoms with van der Waals surface area (Å²) in [6.45, 7) is 12.0. The van der Waals surface area contributed by atoms with Crippen molar-refractivity contribution in [3.8, 4) is 0 Å². The van der Waals surface area contributed by atoms with E-state index >= 15 is 0 Å². The molecule has 1 saturated heterocycles. The van der Waals surface area contributed by atoms with Crippen molar-refractivity contribution in [3.63, 3.8) is 0 Å². The number of esters is 1. The van der Waals surface area contributed by atoms with Crippen molar-refractivity contribution in [2.75, 3.05) is 7.11 Å². The smallest absolute Gasteiger partial charge is 0.664 e. The van der Waals surface area contributed by atoms with Crippen molar-refractivity contribution >= 4 is 64.9 Å². The summed E-state index contributed by atoms with van der Waals surface area (Å²) in [5.41, 5.74) is 8.94. The molecule has 1 fully saturated rings. The Bertz CT molecular complexity index is 1850. The normalized spacial score (nSPS) is 25.0. The number of ether oxygens (including phenoxy) is 1. The Morgan fingerprint density at radius 3 is 2.29 bits per heavy atom. The van der Waals surface area contributed by atoms with Gasteiger partial charge in [-0.05, 0) is 39.0 Å². The first-order valence-electron chi connectivity index (χ1n) is 14.1. The maximum atomic E-state index is 13.9. The molecular formula is C33H32MgN4O4-2. The molecule has 0 N–H and O–H groups in total. The zero-order valence-corrected chi connectivity index (χ0v) is 26.5. The third kappa shape index (κ3) is 4.19. The molecule has 6 rings (SSSR count). The predicted molar refractivity (Wildman–Crippen MR) is 161 cm³/mol. The van der Waals surface area contributed by atoms with Gasteiger partial charge in [-0.2, -0.15) is 11.4 Å². The molecule has 42 heavy (non-hydrogen) atoms. The van der Waals surface area contributed by atoms with Crippen LogP contribution in [0.3, 0.4) is 0 Å². The summed E-state index contributed by atoms with van der Waals surface area (Å²) in [7, 11) is 1.30. The second-order valence-corrected chi connectivity index (χ2v) is 11.1.